The molecule has 2 unspecified atom stereocenters. The van der Waals surface area contributed by atoms with Gasteiger partial charge in [-0.25, -0.2) is 0 Å². The van der Waals surface area contributed by atoms with Gasteiger partial charge < -0.3 is 9.25 Å². The molecule has 3 aromatic rings. The summed E-state index contributed by atoms with van der Waals surface area (Å²) in [4.78, 5) is 18.3. The van der Waals surface area contributed by atoms with Crippen molar-refractivity contribution in [1.29, 1.82) is 0 Å². The summed E-state index contributed by atoms with van der Waals surface area (Å²) >= 11 is 0. The number of ketones is 1. The van der Waals surface area contributed by atoms with E-state index in [1.54, 1.807) is 12.1 Å². The van der Waals surface area contributed by atoms with Crippen LogP contribution in [0.5, 0.6) is 0 Å². The summed E-state index contributed by atoms with van der Waals surface area (Å²) in [6.45, 7) is 0. The summed E-state index contributed by atoms with van der Waals surface area (Å²) in [5.41, 5.74) is 2.69. The maximum absolute atomic E-state index is 12.8. The first kappa shape index (κ1) is 14.5. The third-order valence-electron chi connectivity index (χ3n) is 4.11. The SMILES string of the molecule is O=C(c1ccco1)C1ON=C(c2ccccc2)C1c1ccccc1. The van der Waals surface area contributed by atoms with Gasteiger partial charge in [0.1, 0.15) is 0 Å². The van der Waals surface area contributed by atoms with Crippen LogP contribution in [0.15, 0.2) is 88.6 Å². The molecule has 0 spiro atoms. The number of Topliss-reactive ketones (excluding diaryl/α,β-unsaturated/α-hetero) is 1. The molecule has 0 N–H and O–H groups in total. The summed E-state index contributed by atoms with van der Waals surface area (Å²) in [6, 6.07) is 22.9. The molecule has 4 nitrogen and oxygen atoms in total. The molecule has 4 rings (SSSR count). The van der Waals surface area contributed by atoms with E-state index < -0.39 is 6.10 Å². The Balaban J connectivity index is 1.75. The van der Waals surface area contributed by atoms with Gasteiger partial charge in [-0.1, -0.05) is 65.8 Å². The van der Waals surface area contributed by atoms with E-state index in [4.69, 9.17) is 9.25 Å². The lowest BCUT2D eigenvalue weighted by Crippen LogP contribution is -2.29. The molecular formula is C20H15NO3. The first-order chi connectivity index (χ1) is 11.8. The van der Waals surface area contributed by atoms with Crippen LogP contribution in [-0.4, -0.2) is 17.6 Å². The molecule has 24 heavy (non-hydrogen) atoms. The summed E-state index contributed by atoms with van der Waals surface area (Å²) in [7, 11) is 0. The van der Waals surface area contributed by atoms with Gasteiger partial charge in [0.2, 0.25) is 11.9 Å². The highest BCUT2D eigenvalue weighted by molar-refractivity contribution is 6.11. The molecule has 1 aromatic heterocycles. The second-order valence-corrected chi connectivity index (χ2v) is 5.60. The Labute approximate surface area is 139 Å². The van der Waals surface area contributed by atoms with Crippen molar-refractivity contribution in [3.8, 4) is 0 Å². The predicted molar refractivity (Wildman–Crippen MR) is 90.1 cm³/mol. The van der Waals surface area contributed by atoms with Crippen LogP contribution >= 0.6 is 0 Å². The van der Waals surface area contributed by atoms with E-state index in [-0.39, 0.29) is 17.5 Å². The third-order valence-corrected chi connectivity index (χ3v) is 4.11. The number of hydrogen-bond acceptors (Lipinski definition) is 4. The van der Waals surface area contributed by atoms with Gasteiger partial charge in [0.15, 0.2) is 5.76 Å². The molecule has 0 radical (unpaired) electrons. The zero-order valence-electron chi connectivity index (χ0n) is 12.8. The van der Waals surface area contributed by atoms with Crippen LogP contribution in [0.25, 0.3) is 0 Å². The maximum Gasteiger partial charge on any atom is 0.242 e. The molecule has 0 saturated carbocycles. The normalized spacial score (nSPS) is 19.6. The summed E-state index contributed by atoms with van der Waals surface area (Å²) < 4.78 is 5.25. The summed E-state index contributed by atoms with van der Waals surface area (Å²) in [6.07, 6.45) is 0.757. The van der Waals surface area contributed by atoms with Gasteiger partial charge in [-0.05, 0) is 17.7 Å². The Bertz CT molecular complexity index is 854. The molecule has 1 aliphatic heterocycles. The van der Waals surface area contributed by atoms with Crippen LogP contribution in [0.4, 0.5) is 0 Å². The van der Waals surface area contributed by atoms with Crippen LogP contribution in [0, 0.1) is 0 Å². The molecule has 2 aromatic carbocycles. The Hall–Kier alpha value is -3.14. The molecule has 0 saturated heterocycles. The zero-order chi connectivity index (χ0) is 16.4. The molecule has 1 aliphatic rings. The number of hydrogen-bond donors (Lipinski definition) is 0. The fraction of sp³-hybridized carbons (Fsp3) is 0.100. The van der Waals surface area contributed by atoms with E-state index in [2.05, 4.69) is 5.16 Å². The molecule has 0 fully saturated rings. The number of benzene rings is 2. The van der Waals surface area contributed by atoms with Crippen molar-refractivity contribution in [3.05, 3.63) is 95.9 Å². The highest BCUT2D eigenvalue weighted by Gasteiger charge is 2.42. The van der Waals surface area contributed by atoms with E-state index in [1.165, 1.54) is 6.26 Å². The van der Waals surface area contributed by atoms with Crippen molar-refractivity contribution in [2.75, 3.05) is 0 Å². The number of carbonyl (C=O) groups is 1. The average Bonchev–Trinajstić information content (AvgIpc) is 3.32. The molecule has 0 aliphatic carbocycles. The minimum absolute atomic E-state index is 0.205. The van der Waals surface area contributed by atoms with Crippen LogP contribution in [0.1, 0.15) is 27.6 Å². The molecule has 2 heterocycles. The number of oxime groups is 1. The molecule has 0 amide bonds. The van der Waals surface area contributed by atoms with E-state index in [0.717, 1.165) is 16.8 Å². The molecule has 118 valence electrons. The standard InChI is InChI=1S/C20H15NO3/c22-19(16-12-7-13-23-16)20-17(14-8-3-1-4-9-14)18(21-24-20)15-10-5-2-6-11-15/h1-13,17,20H. The van der Waals surface area contributed by atoms with Crippen molar-refractivity contribution in [3.63, 3.8) is 0 Å². The van der Waals surface area contributed by atoms with Crippen molar-refractivity contribution < 1.29 is 14.0 Å². The Morgan fingerprint density at radius 3 is 2.25 bits per heavy atom. The average molecular weight is 317 g/mol. The maximum atomic E-state index is 12.8. The summed E-state index contributed by atoms with van der Waals surface area (Å²) in [5.74, 6) is -0.194. The topological polar surface area (TPSA) is 51.8 Å². The van der Waals surface area contributed by atoms with Crippen LogP contribution in [0.2, 0.25) is 0 Å². The quantitative estimate of drug-likeness (QED) is 0.682. The van der Waals surface area contributed by atoms with Crippen LogP contribution in [0.3, 0.4) is 0 Å². The molecular weight excluding hydrogens is 302 g/mol. The fourth-order valence-corrected chi connectivity index (χ4v) is 2.97. The van der Waals surface area contributed by atoms with Crippen LogP contribution in [-0.2, 0) is 4.84 Å². The third kappa shape index (κ3) is 2.52. The number of carbonyl (C=O) groups excluding carboxylic acids is 1. The van der Waals surface area contributed by atoms with Crippen molar-refractivity contribution in [2.45, 2.75) is 12.0 Å². The predicted octanol–water partition coefficient (Wildman–Crippen LogP) is 4.05. The van der Waals surface area contributed by atoms with Crippen molar-refractivity contribution in [2.24, 2.45) is 5.16 Å². The van der Waals surface area contributed by atoms with E-state index in [0.29, 0.717) is 0 Å². The van der Waals surface area contributed by atoms with Crippen LogP contribution < -0.4 is 0 Å². The Morgan fingerprint density at radius 1 is 0.875 bits per heavy atom. The van der Waals surface area contributed by atoms with E-state index in [1.807, 2.05) is 60.7 Å². The fourth-order valence-electron chi connectivity index (χ4n) is 2.97. The zero-order valence-corrected chi connectivity index (χ0v) is 12.8. The largest absolute Gasteiger partial charge is 0.461 e. The lowest BCUT2D eigenvalue weighted by molar-refractivity contribution is 0.0491. The minimum atomic E-state index is -0.728. The van der Waals surface area contributed by atoms with Gasteiger partial charge in [0, 0.05) is 5.56 Å². The second kappa shape index (κ2) is 6.16. The van der Waals surface area contributed by atoms with Crippen molar-refractivity contribution >= 4 is 11.5 Å². The highest BCUT2D eigenvalue weighted by atomic mass is 16.6. The lowest BCUT2D eigenvalue weighted by Gasteiger charge is -2.17. The van der Waals surface area contributed by atoms with Gasteiger partial charge in [-0.2, -0.15) is 0 Å². The molecule has 2 atom stereocenters. The lowest BCUT2D eigenvalue weighted by atomic mass is 9.84. The molecule has 4 heteroatoms. The first-order valence-corrected chi connectivity index (χ1v) is 7.76. The summed E-state index contributed by atoms with van der Waals surface area (Å²) in [5, 5.41) is 4.23. The van der Waals surface area contributed by atoms with E-state index in [9.17, 15) is 4.79 Å². The smallest absolute Gasteiger partial charge is 0.242 e. The van der Waals surface area contributed by atoms with Gasteiger partial charge in [-0.15, -0.1) is 0 Å². The number of rotatable bonds is 4. The first-order valence-electron chi connectivity index (χ1n) is 7.76. The van der Waals surface area contributed by atoms with Gasteiger partial charge >= 0.3 is 0 Å². The monoisotopic (exact) mass is 317 g/mol. The van der Waals surface area contributed by atoms with E-state index >= 15 is 0 Å². The van der Waals surface area contributed by atoms with Crippen molar-refractivity contribution in [1.82, 2.24) is 0 Å². The number of nitrogens with zero attached hydrogens (tertiary/aromatic N) is 1. The van der Waals surface area contributed by atoms with Gasteiger partial charge in [-0.3, -0.25) is 4.79 Å². The van der Waals surface area contributed by atoms with Gasteiger partial charge in [0.05, 0.1) is 17.9 Å². The number of furan rings is 1. The Morgan fingerprint density at radius 2 is 1.58 bits per heavy atom. The van der Waals surface area contributed by atoms with Gasteiger partial charge in [0.25, 0.3) is 0 Å². The minimum Gasteiger partial charge on any atom is -0.461 e. The highest BCUT2D eigenvalue weighted by Crippen LogP contribution is 2.34. The second-order valence-electron chi connectivity index (χ2n) is 5.60. The molecule has 0 bridgehead atoms. The Kier molecular flexibility index (Phi) is 3.71.